The van der Waals surface area contributed by atoms with E-state index in [0.29, 0.717) is 49.1 Å². The number of esters is 2. The lowest BCUT2D eigenvalue weighted by Gasteiger charge is -2.48. The highest BCUT2D eigenvalue weighted by Gasteiger charge is 2.59. The van der Waals surface area contributed by atoms with E-state index in [1.807, 2.05) is 39.8 Å². The van der Waals surface area contributed by atoms with E-state index < -0.39 is 118 Å². The SMILES string of the molecule is CC[C@H]1OC(=O)[C@H](C)[C@@H](OC(=O)CCNCCCCNc2cc3c(cc2F)c(=O)c(C(=O)O)cn3C2CC2)[C@H](C)[C@@H](O[C@@H]2O[C@H](C)C[C@H](N(C)C)[C@H]2O)[C@](C)(OC)C[C@@H](C)/C(=N\OCC#Cc2cncc(C(N)=O)c2)[C@H](C)[C@H]2OC(=O)O[C@@]21C. The largest absolute Gasteiger partial charge is 0.509 e. The smallest absolute Gasteiger partial charge is 0.477 e. The molecule has 0 bridgehead atoms. The van der Waals surface area contributed by atoms with Crippen LogP contribution in [0.25, 0.3) is 10.9 Å². The fraction of sp³-hybridized carbons (Fsp3) is 0.633. The van der Waals surface area contributed by atoms with Gasteiger partial charge in [0.1, 0.15) is 29.7 Å². The number of unbranched alkanes of at least 4 members (excludes halogenated alkanes) is 1. The third-order valence-electron chi connectivity index (χ3n) is 16.7. The zero-order valence-electron chi connectivity index (χ0n) is 49.8. The molecule has 3 saturated heterocycles. The highest BCUT2D eigenvalue weighted by Crippen LogP contribution is 2.44. The third kappa shape index (κ3) is 15.0. The van der Waals surface area contributed by atoms with Gasteiger partial charge in [0.2, 0.25) is 11.3 Å². The Morgan fingerprint density at radius 2 is 1.74 bits per heavy atom. The number of anilines is 1. The van der Waals surface area contributed by atoms with Crippen molar-refractivity contribution in [3.8, 4) is 11.8 Å². The van der Waals surface area contributed by atoms with Crippen LogP contribution >= 0.6 is 0 Å². The summed E-state index contributed by atoms with van der Waals surface area (Å²) in [6.45, 7) is 15.0. The highest BCUT2D eigenvalue weighted by atomic mass is 19.1. The molecule has 4 aliphatic rings. The fourth-order valence-electron chi connectivity index (χ4n) is 11.9. The van der Waals surface area contributed by atoms with Gasteiger partial charge in [-0.05, 0) is 111 Å². The number of aliphatic hydroxyl groups excluding tert-OH is 1. The molecule has 4 fully saturated rings. The Kier molecular flexibility index (Phi) is 21.6. The van der Waals surface area contributed by atoms with Crippen LogP contribution in [0.5, 0.6) is 0 Å². The number of carbonyl (C=O) groups is 5. The van der Waals surface area contributed by atoms with Crippen LogP contribution in [-0.2, 0) is 47.6 Å². The van der Waals surface area contributed by atoms with Gasteiger partial charge in [-0.1, -0.05) is 44.7 Å². The Labute approximate surface area is 488 Å². The van der Waals surface area contributed by atoms with E-state index in [0.717, 1.165) is 18.9 Å². The second kappa shape index (κ2) is 28.0. The van der Waals surface area contributed by atoms with Crippen molar-refractivity contribution in [2.75, 3.05) is 52.8 Å². The molecular formula is C60H82FN7O16. The molecule has 3 aliphatic heterocycles. The summed E-state index contributed by atoms with van der Waals surface area (Å²) < 4.78 is 61.4. The van der Waals surface area contributed by atoms with Gasteiger partial charge in [-0.2, -0.15) is 0 Å². The molecule has 1 saturated carbocycles. The number of carboxylic acids is 1. The van der Waals surface area contributed by atoms with Gasteiger partial charge in [-0.15, -0.1) is 0 Å². The lowest BCUT2D eigenvalue weighted by Crippen LogP contribution is -2.60. The monoisotopic (exact) mass is 1180 g/mol. The van der Waals surface area contributed by atoms with Gasteiger partial charge >= 0.3 is 24.1 Å². The quantitative estimate of drug-likeness (QED) is 0.0287. The lowest BCUT2D eigenvalue weighted by atomic mass is 9.73. The molecule has 0 unspecified atom stereocenters. The van der Waals surface area contributed by atoms with Crippen LogP contribution in [0.3, 0.4) is 0 Å². The molecule has 2 aromatic heterocycles. The minimum Gasteiger partial charge on any atom is -0.477 e. The Morgan fingerprint density at radius 3 is 2.40 bits per heavy atom. The molecule has 5 heterocycles. The predicted molar refractivity (Wildman–Crippen MR) is 305 cm³/mol. The van der Waals surface area contributed by atoms with E-state index in [-0.39, 0.29) is 67.2 Å². The van der Waals surface area contributed by atoms with Crippen LogP contribution in [0.1, 0.15) is 139 Å². The number of fused-ring (bicyclic) bond motifs is 2. The van der Waals surface area contributed by atoms with Gasteiger partial charge in [0.25, 0.3) is 0 Å². The molecular weight excluding hydrogens is 1090 g/mol. The number of nitrogens with one attached hydrogen (secondary N) is 2. The fourth-order valence-corrected chi connectivity index (χ4v) is 11.9. The third-order valence-corrected chi connectivity index (χ3v) is 16.7. The first-order valence-corrected chi connectivity index (χ1v) is 28.8. The second-order valence-electron chi connectivity index (χ2n) is 23.3. The first-order valence-electron chi connectivity index (χ1n) is 28.8. The summed E-state index contributed by atoms with van der Waals surface area (Å²) in [6.07, 6.45) is -0.504. The molecule has 24 heteroatoms. The van der Waals surface area contributed by atoms with Gasteiger partial charge in [0.05, 0.1) is 52.6 Å². The summed E-state index contributed by atoms with van der Waals surface area (Å²) in [7, 11) is 5.21. The van der Waals surface area contributed by atoms with Crippen molar-refractivity contribution in [1.29, 1.82) is 0 Å². The van der Waals surface area contributed by atoms with Gasteiger partial charge in [0.15, 0.2) is 24.6 Å². The van der Waals surface area contributed by atoms with Gasteiger partial charge in [0, 0.05) is 79.6 Å². The number of hydrogen-bond acceptors (Lipinski definition) is 20. The molecule has 23 nitrogen and oxygen atoms in total. The number of aromatic carboxylic acids is 1. The molecule has 14 atom stereocenters. The summed E-state index contributed by atoms with van der Waals surface area (Å²) in [6, 6.07) is 3.79. The van der Waals surface area contributed by atoms with E-state index in [4.69, 9.17) is 43.7 Å². The number of aliphatic hydroxyl groups is 1. The average Bonchev–Trinajstić information content (AvgIpc) is 3.60. The van der Waals surface area contributed by atoms with Crippen molar-refractivity contribution < 1.29 is 76.6 Å². The number of nitrogens with zero attached hydrogens (tertiary/aromatic N) is 4. The summed E-state index contributed by atoms with van der Waals surface area (Å²) in [4.78, 5) is 90.5. The van der Waals surface area contributed by atoms with Crippen LogP contribution in [0, 0.1) is 41.3 Å². The minimum absolute atomic E-state index is 0.00558. The number of carbonyl (C=O) groups excluding carboxylic acids is 4. The number of likely N-dealkylation sites (N-methyl/N-ethyl adjacent to an activating group) is 1. The van der Waals surface area contributed by atoms with Gasteiger partial charge in [-0.25, -0.2) is 14.0 Å². The second-order valence-corrected chi connectivity index (χ2v) is 23.3. The predicted octanol–water partition coefficient (Wildman–Crippen LogP) is 5.96. The normalized spacial score (nSPS) is 30.7. The number of ether oxygens (including phenoxy) is 7. The first-order chi connectivity index (χ1) is 39.8. The van der Waals surface area contributed by atoms with E-state index in [1.54, 1.807) is 45.3 Å². The minimum atomic E-state index is -1.56. The zero-order chi connectivity index (χ0) is 61.4. The van der Waals surface area contributed by atoms with Crippen LogP contribution in [-0.4, -0.2) is 168 Å². The molecule has 7 rings (SSSR count). The number of halogens is 1. The van der Waals surface area contributed by atoms with E-state index in [9.17, 15) is 39.0 Å². The molecule has 1 amide bonds. The van der Waals surface area contributed by atoms with Crippen LogP contribution in [0.15, 0.2) is 46.7 Å². The number of primary amides is 1. The number of carboxylic acid groups (broad SMARTS) is 1. The number of pyridine rings is 2. The Balaban J connectivity index is 1.12. The summed E-state index contributed by atoms with van der Waals surface area (Å²) >= 11 is 0. The maximum atomic E-state index is 15.3. The molecule has 1 aliphatic carbocycles. The van der Waals surface area contributed by atoms with Crippen LogP contribution < -0.4 is 21.8 Å². The summed E-state index contributed by atoms with van der Waals surface area (Å²) in [5.41, 5.74) is 3.02. The number of rotatable bonds is 20. The van der Waals surface area contributed by atoms with Crippen molar-refractivity contribution >= 4 is 52.3 Å². The van der Waals surface area contributed by atoms with Gasteiger partial charge < -0.3 is 74.0 Å². The van der Waals surface area contributed by atoms with Crippen molar-refractivity contribution in [3.63, 3.8) is 0 Å². The molecule has 0 radical (unpaired) electrons. The van der Waals surface area contributed by atoms with E-state index >= 15 is 4.39 Å². The Bertz CT molecular complexity index is 3040. The van der Waals surface area contributed by atoms with E-state index in [1.165, 1.54) is 31.8 Å². The lowest BCUT2D eigenvalue weighted by molar-refractivity contribution is -0.301. The maximum Gasteiger partial charge on any atom is 0.509 e. The van der Waals surface area contributed by atoms with Crippen molar-refractivity contribution in [1.82, 2.24) is 19.8 Å². The summed E-state index contributed by atoms with van der Waals surface area (Å²) in [5.74, 6) is -1.72. The summed E-state index contributed by atoms with van der Waals surface area (Å²) in [5, 5.41) is 32.5. The molecule has 460 valence electrons. The van der Waals surface area contributed by atoms with Crippen molar-refractivity contribution in [3.05, 3.63) is 69.5 Å². The maximum absolute atomic E-state index is 15.3. The zero-order valence-corrected chi connectivity index (χ0v) is 49.8. The van der Waals surface area contributed by atoms with Gasteiger partial charge in [-0.3, -0.25) is 24.2 Å². The van der Waals surface area contributed by atoms with Crippen molar-refractivity contribution in [2.24, 2.45) is 34.6 Å². The topological polar surface area (TPSA) is 300 Å². The van der Waals surface area contributed by atoms with Crippen LogP contribution in [0.4, 0.5) is 14.9 Å². The molecule has 84 heavy (non-hydrogen) atoms. The molecule has 6 N–H and O–H groups in total. The number of benzene rings is 1. The molecule has 0 spiro atoms. The Hall–Kier alpha value is -6.75. The number of oxime groups is 1. The number of hydrogen-bond donors (Lipinski definition) is 5. The Morgan fingerprint density at radius 1 is 1.01 bits per heavy atom. The number of methoxy groups -OCH3 is 1. The molecule has 3 aromatic rings. The number of cyclic esters (lactones) is 1. The van der Waals surface area contributed by atoms with E-state index in [2.05, 4.69) is 32.6 Å². The number of nitrogens with two attached hydrogens (primary N) is 1. The average molecular weight is 1180 g/mol. The standard InChI is InChI=1S/C60H82FN7O16/c1-12-46-60(8)53(83-58(76)84-60)34(4)48(66-78-23-15-16-37-25-38(54(62)72)30-64-29-37)32(2)28-59(7,77-11)52(82-57-50(71)45(67(9)10)24-33(3)79-57)35(5)51(36(6)56(75)80-46)81-47(69)19-22-63-20-13-14-21-65-43-27-44-40(26-42(43)61)49(70)41(55(73)74)31-68(44)39-17-18-39/h25-27,29-36,39,45-46,50-53,57,63,65,71H,12-14,17-24,28H2,1-11H3,(H2,62,72)(H,73,74)/b66-48+/t32-,33-,34+,35+,36-,45+,46-,50-,51+,52-,53-,57+,59-,60-/m1/s1. The van der Waals surface area contributed by atoms with Crippen molar-refractivity contribution in [2.45, 2.75) is 173 Å². The molecule has 1 aromatic carbocycles. The first kappa shape index (κ1) is 64.8. The highest BCUT2D eigenvalue weighted by molar-refractivity contribution is 5.94. The van der Waals surface area contributed by atoms with Crippen LogP contribution in [0.2, 0.25) is 0 Å². The number of amides is 1. The number of aromatic nitrogens is 2.